The number of hydrogen-bond acceptors (Lipinski definition) is 5. The molecule has 0 saturated heterocycles. The zero-order valence-corrected chi connectivity index (χ0v) is 13.5. The van der Waals surface area contributed by atoms with Crippen molar-refractivity contribution in [1.29, 1.82) is 0 Å². The lowest BCUT2D eigenvalue weighted by atomic mass is 10.3. The van der Waals surface area contributed by atoms with Gasteiger partial charge in [-0.05, 0) is 12.1 Å². The van der Waals surface area contributed by atoms with Gasteiger partial charge in [-0.15, -0.1) is 0 Å². The predicted octanol–water partition coefficient (Wildman–Crippen LogP) is 3.71. The van der Waals surface area contributed by atoms with Crippen molar-refractivity contribution in [2.24, 2.45) is 0 Å². The molecule has 0 radical (unpaired) electrons. The number of nitrogens with one attached hydrogen (secondary N) is 1. The lowest BCUT2D eigenvalue weighted by Gasteiger charge is -2.14. The van der Waals surface area contributed by atoms with Crippen LogP contribution in [0.15, 0.2) is 23.0 Å². The van der Waals surface area contributed by atoms with E-state index in [1.165, 1.54) is 25.2 Å². The maximum Gasteiger partial charge on any atom is 0.437 e. The zero-order valence-electron chi connectivity index (χ0n) is 12.0. The Morgan fingerprint density at radius 1 is 1.33 bits per heavy atom. The third-order valence-electron chi connectivity index (χ3n) is 2.68. The minimum absolute atomic E-state index is 0.0469. The second-order valence-electron chi connectivity index (χ2n) is 4.68. The van der Waals surface area contributed by atoms with E-state index in [4.69, 9.17) is 33.1 Å². The number of hydrogen-bond donors (Lipinski definition) is 2. The van der Waals surface area contributed by atoms with Gasteiger partial charge in [-0.3, -0.25) is 4.79 Å². The molecule has 2 N–H and O–H groups in total. The molecule has 0 atom stereocenters. The average molecular weight is 384 g/mol. The van der Waals surface area contributed by atoms with E-state index >= 15 is 0 Å². The summed E-state index contributed by atoms with van der Waals surface area (Å²) in [5.41, 5.74) is -2.67. The first-order chi connectivity index (χ1) is 11.1. The molecule has 0 unspecified atom stereocenters. The molecule has 24 heavy (non-hydrogen) atoms. The van der Waals surface area contributed by atoms with E-state index in [0.717, 1.165) is 0 Å². The monoisotopic (exact) mass is 383 g/mol. The van der Waals surface area contributed by atoms with Crippen LogP contribution < -0.4 is 10.3 Å². The first kappa shape index (κ1) is 18.5. The fourth-order valence-electron chi connectivity index (χ4n) is 1.75. The summed E-state index contributed by atoms with van der Waals surface area (Å²) < 4.78 is 44.5. The Balaban J connectivity index is 2.51. The number of benzene rings is 1. The number of rotatable bonds is 4. The fraction of sp³-hybridized carbons (Fsp3) is 0.231. The summed E-state index contributed by atoms with van der Waals surface area (Å²) >= 11 is 11.5. The molecule has 0 aliphatic carbocycles. The summed E-state index contributed by atoms with van der Waals surface area (Å²) in [6.07, 6.45) is -4.94. The van der Waals surface area contributed by atoms with Crippen molar-refractivity contribution in [3.05, 3.63) is 50.1 Å². The van der Waals surface area contributed by atoms with Gasteiger partial charge in [0.1, 0.15) is 11.6 Å². The third-order valence-corrected chi connectivity index (χ3v) is 3.42. The van der Waals surface area contributed by atoms with Gasteiger partial charge in [-0.2, -0.15) is 18.2 Å². The van der Waals surface area contributed by atoms with Crippen LogP contribution in [0.5, 0.6) is 11.5 Å². The number of alkyl halides is 3. The summed E-state index contributed by atoms with van der Waals surface area (Å²) in [6.45, 7) is -0.411. The summed E-state index contributed by atoms with van der Waals surface area (Å²) in [5.74, 6) is -1.53. The molecule has 0 amide bonds. The van der Waals surface area contributed by atoms with E-state index in [1.807, 2.05) is 0 Å². The number of nitrogens with zero attached hydrogens (tertiary/aromatic N) is 2. The Bertz CT molecular complexity index is 809. The summed E-state index contributed by atoms with van der Waals surface area (Å²) in [7, 11) is 1.19. The minimum atomic E-state index is -4.94. The predicted molar refractivity (Wildman–Crippen MR) is 79.6 cm³/mol. The summed E-state index contributed by atoms with van der Waals surface area (Å²) in [6, 6.07) is 3.73. The van der Waals surface area contributed by atoms with Crippen molar-refractivity contribution in [2.75, 3.05) is 7.05 Å². The molecular formula is C13H10Cl2F3N3O3. The number of ether oxygens (including phenoxy) is 1. The van der Waals surface area contributed by atoms with Crippen LogP contribution in [0.3, 0.4) is 0 Å². The van der Waals surface area contributed by atoms with Gasteiger partial charge in [0.15, 0.2) is 5.69 Å². The maximum absolute atomic E-state index is 13.2. The van der Waals surface area contributed by atoms with Gasteiger partial charge in [0.25, 0.3) is 5.56 Å². The molecule has 1 heterocycles. The maximum atomic E-state index is 13.2. The van der Waals surface area contributed by atoms with Gasteiger partial charge in [-0.1, -0.05) is 23.2 Å². The molecule has 0 aliphatic rings. The highest BCUT2D eigenvalue weighted by atomic mass is 35.5. The van der Waals surface area contributed by atoms with Gasteiger partial charge in [0.05, 0.1) is 16.6 Å². The van der Waals surface area contributed by atoms with Crippen molar-refractivity contribution in [1.82, 2.24) is 15.0 Å². The Kier molecular flexibility index (Phi) is 5.38. The smallest absolute Gasteiger partial charge is 0.437 e. The van der Waals surface area contributed by atoms with Crippen LogP contribution in [0.2, 0.25) is 10.0 Å². The van der Waals surface area contributed by atoms with E-state index in [9.17, 15) is 18.0 Å². The lowest BCUT2D eigenvalue weighted by molar-refractivity contribution is -0.143. The van der Waals surface area contributed by atoms with Gasteiger partial charge in [-0.25, -0.2) is 4.98 Å². The van der Waals surface area contributed by atoms with E-state index in [1.54, 1.807) is 0 Å². The van der Waals surface area contributed by atoms with Crippen molar-refractivity contribution < 1.29 is 23.1 Å². The van der Waals surface area contributed by atoms with Crippen LogP contribution in [0.25, 0.3) is 0 Å². The third kappa shape index (κ3) is 4.38. The van der Waals surface area contributed by atoms with Crippen LogP contribution >= 0.6 is 23.2 Å². The molecule has 0 aliphatic heterocycles. The fourth-order valence-corrected chi connectivity index (χ4v) is 2.03. The topological polar surface area (TPSA) is 78.5 Å². The van der Waals surface area contributed by atoms with E-state index in [0.29, 0.717) is 5.06 Å². The highest BCUT2D eigenvalue weighted by molar-refractivity contribution is 6.42. The van der Waals surface area contributed by atoms with Crippen LogP contribution in [-0.2, 0) is 12.7 Å². The second kappa shape index (κ2) is 6.98. The minimum Gasteiger partial charge on any atom is -0.449 e. The normalized spacial score (nSPS) is 11.8. The molecule has 1 aromatic heterocycles. The Morgan fingerprint density at radius 3 is 2.54 bits per heavy atom. The molecule has 0 spiro atoms. The quantitative estimate of drug-likeness (QED) is 0.786. The number of aromatic amines is 1. The number of halogens is 5. The molecule has 0 fully saturated rings. The molecule has 6 nitrogen and oxygen atoms in total. The van der Waals surface area contributed by atoms with Gasteiger partial charge < -0.3 is 14.9 Å². The molecule has 2 aromatic rings. The number of aromatic nitrogens is 2. The summed E-state index contributed by atoms with van der Waals surface area (Å²) in [5, 5.41) is 9.87. The van der Waals surface area contributed by atoms with Crippen LogP contribution in [0.1, 0.15) is 11.5 Å². The Morgan fingerprint density at radius 2 is 2.00 bits per heavy atom. The van der Waals surface area contributed by atoms with Crippen LogP contribution in [0, 0.1) is 0 Å². The SMILES string of the molecule is CN(O)Cc1nc(C(F)(F)F)c(Oc2ccc(Cl)c(Cl)c2)c(=O)[nH]1. The standard InChI is InChI=1S/C13H10Cl2F3N3O3/c1-21(23)5-9-19-11(13(16,17)18)10(12(22)20-9)24-6-2-3-7(14)8(15)4-6/h2-4,23H,5H2,1H3,(H,19,20,22). The van der Waals surface area contributed by atoms with Crippen molar-refractivity contribution in [2.45, 2.75) is 12.7 Å². The first-order valence-corrected chi connectivity index (χ1v) is 7.07. The Labute approximate surface area is 143 Å². The van der Waals surface area contributed by atoms with Crippen LogP contribution in [0.4, 0.5) is 13.2 Å². The molecule has 2 rings (SSSR count). The van der Waals surface area contributed by atoms with Gasteiger partial charge in [0, 0.05) is 13.1 Å². The highest BCUT2D eigenvalue weighted by Crippen LogP contribution is 2.35. The average Bonchev–Trinajstić information content (AvgIpc) is 2.43. The van der Waals surface area contributed by atoms with Gasteiger partial charge in [0.2, 0.25) is 5.75 Å². The molecule has 11 heteroatoms. The molecule has 0 saturated carbocycles. The van der Waals surface area contributed by atoms with Crippen molar-refractivity contribution in [3.63, 3.8) is 0 Å². The van der Waals surface area contributed by atoms with Gasteiger partial charge >= 0.3 is 6.18 Å². The van der Waals surface area contributed by atoms with Crippen molar-refractivity contribution in [3.8, 4) is 11.5 Å². The van der Waals surface area contributed by atoms with Crippen LogP contribution in [-0.4, -0.2) is 27.3 Å². The lowest BCUT2D eigenvalue weighted by Crippen LogP contribution is -2.24. The first-order valence-electron chi connectivity index (χ1n) is 6.31. The van der Waals surface area contributed by atoms with E-state index < -0.39 is 29.7 Å². The molecule has 130 valence electrons. The second-order valence-corrected chi connectivity index (χ2v) is 5.50. The molecule has 0 bridgehead atoms. The van der Waals surface area contributed by atoms with E-state index in [-0.39, 0.29) is 21.6 Å². The van der Waals surface area contributed by atoms with E-state index in [2.05, 4.69) is 9.97 Å². The molecular weight excluding hydrogens is 374 g/mol. The Hall–Kier alpha value is -1.81. The highest BCUT2D eigenvalue weighted by Gasteiger charge is 2.39. The number of H-pyrrole nitrogens is 1. The summed E-state index contributed by atoms with van der Waals surface area (Å²) in [4.78, 5) is 17.4. The molecule has 1 aromatic carbocycles. The zero-order chi connectivity index (χ0) is 18.1. The van der Waals surface area contributed by atoms with Crippen molar-refractivity contribution >= 4 is 23.2 Å². The largest absolute Gasteiger partial charge is 0.449 e. The number of hydroxylamine groups is 2.